The number of thiazole rings is 1. The van der Waals surface area contributed by atoms with E-state index in [-0.39, 0.29) is 28.8 Å². The van der Waals surface area contributed by atoms with E-state index in [1.54, 1.807) is 11.8 Å². The van der Waals surface area contributed by atoms with E-state index in [0.29, 0.717) is 30.1 Å². The Morgan fingerprint density at radius 2 is 1.62 bits per heavy atom. The number of rotatable bonds is 5. The highest BCUT2D eigenvalue weighted by molar-refractivity contribution is 7.16. The Morgan fingerprint density at radius 3 is 2.19 bits per heavy atom. The number of likely N-dealkylation sites (tertiary alicyclic amines) is 1. The second-order valence-electron chi connectivity index (χ2n) is 8.43. The van der Waals surface area contributed by atoms with Crippen LogP contribution in [0, 0.1) is 6.92 Å². The molecule has 2 amide bonds. The molecule has 1 aliphatic rings. The summed E-state index contributed by atoms with van der Waals surface area (Å²) in [5.74, 6) is -0.938. The number of aryl methyl sites for hydroxylation is 1. The summed E-state index contributed by atoms with van der Waals surface area (Å²) in [5.41, 5.74) is -4.02. The number of alkyl halides is 6. The first-order chi connectivity index (χ1) is 17.2. The van der Waals surface area contributed by atoms with Crippen LogP contribution in [0.25, 0.3) is 5.13 Å². The van der Waals surface area contributed by atoms with Crippen molar-refractivity contribution in [2.75, 3.05) is 13.1 Å². The molecule has 1 saturated heterocycles. The van der Waals surface area contributed by atoms with Gasteiger partial charge in [-0.3, -0.25) is 9.59 Å². The van der Waals surface area contributed by atoms with Crippen LogP contribution in [-0.2, 0) is 12.4 Å². The maximum atomic E-state index is 13.2. The van der Waals surface area contributed by atoms with Crippen LogP contribution in [0.3, 0.4) is 0 Å². The summed E-state index contributed by atoms with van der Waals surface area (Å²) in [6.45, 7) is 4.30. The van der Waals surface area contributed by atoms with Gasteiger partial charge in [-0.25, -0.2) is 9.97 Å². The van der Waals surface area contributed by atoms with E-state index < -0.39 is 41.0 Å². The van der Waals surface area contributed by atoms with Crippen LogP contribution in [0.1, 0.15) is 68.6 Å². The first kappa shape index (κ1) is 26.6. The molecule has 0 unspecified atom stereocenters. The lowest BCUT2D eigenvalue weighted by molar-refractivity contribution is -0.143. The van der Waals surface area contributed by atoms with Gasteiger partial charge in [0.05, 0.1) is 23.4 Å². The molecule has 1 fully saturated rings. The first-order valence-electron chi connectivity index (χ1n) is 11.0. The molecule has 1 aliphatic heterocycles. The predicted molar refractivity (Wildman–Crippen MR) is 119 cm³/mol. The molecule has 0 saturated carbocycles. The minimum absolute atomic E-state index is 0.0519. The minimum atomic E-state index is -5.09. The number of aromatic nitrogens is 4. The van der Waals surface area contributed by atoms with E-state index in [9.17, 15) is 35.9 Å². The fraction of sp³-hybridized carbons (Fsp3) is 0.409. The summed E-state index contributed by atoms with van der Waals surface area (Å²) < 4.78 is 80.3. The van der Waals surface area contributed by atoms with Crippen LogP contribution >= 0.6 is 11.3 Å². The van der Waals surface area contributed by atoms with Gasteiger partial charge in [0.1, 0.15) is 10.7 Å². The molecule has 1 N–H and O–H groups in total. The maximum absolute atomic E-state index is 13.2. The van der Waals surface area contributed by atoms with Gasteiger partial charge in [-0.15, -0.1) is 5.10 Å². The smallest absolute Gasteiger partial charge is 0.342 e. The molecule has 8 nitrogen and oxygen atoms in total. The van der Waals surface area contributed by atoms with Crippen LogP contribution in [0.4, 0.5) is 26.3 Å². The van der Waals surface area contributed by atoms with Crippen LogP contribution < -0.4 is 5.32 Å². The van der Waals surface area contributed by atoms with Crippen LogP contribution in [0.5, 0.6) is 0 Å². The zero-order valence-corrected chi connectivity index (χ0v) is 20.3. The molecule has 3 heterocycles. The number of hydrogen-bond acceptors (Lipinski definition) is 6. The summed E-state index contributed by atoms with van der Waals surface area (Å²) in [7, 11) is 0. The van der Waals surface area contributed by atoms with Crippen molar-refractivity contribution in [3.8, 4) is 5.13 Å². The zero-order chi connectivity index (χ0) is 27.1. The Kier molecular flexibility index (Phi) is 7.01. The highest BCUT2D eigenvalue weighted by Gasteiger charge is 2.37. The van der Waals surface area contributed by atoms with Gasteiger partial charge in [0.25, 0.3) is 11.8 Å². The lowest BCUT2D eigenvalue weighted by Gasteiger charge is -2.16. The normalized spacial score (nSPS) is 15.2. The number of nitrogens with one attached hydrogen (secondary N) is 1. The number of carbonyl (C=O) groups excluding carboxylic acids is 2. The fourth-order valence-electron chi connectivity index (χ4n) is 3.82. The quantitative estimate of drug-likeness (QED) is 0.465. The number of hydrogen-bond donors (Lipinski definition) is 1. The molecule has 15 heteroatoms. The number of halogens is 6. The molecule has 0 bridgehead atoms. The number of carbonyl (C=O) groups is 2. The van der Waals surface area contributed by atoms with E-state index in [1.807, 2.05) is 0 Å². The topological polar surface area (TPSA) is 93.0 Å². The van der Waals surface area contributed by atoms with Crippen molar-refractivity contribution < 1.29 is 35.9 Å². The summed E-state index contributed by atoms with van der Waals surface area (Å²) in [5, 5.41) is 6.86. The van der Waals surface area contributed by atoms with Crippen molar-refractivity contribution >= 4 is 23.2 Å². The van der Waals surface area contributed by atoms with Gasteiger partial charge in [0.15, 0.2) is 5.82 Å². The van der Waals surface area contributed by atoms with Gasteiger partial charge < -0.3 is 10.2 Å². The minimum Gasteiger partial charge on any atom is -0.342 e. The number of nitrogens with zero attached hydrogens (tertiary/aromatic N) is 5. The van der Waals surface area contributed by atoms with E-state index in [0.717, 1.165) is 24.2 Å². The SMILES string of the molecule is Cc1nc([C@H](C)NC(=O)c2cc(C(F)(F)F)cc(C(F)(F)F)c2)n(-c2ncc(C(=O)N3CCCC3)s2)n1. The van der Waals surface area contributed by atoms with Crippen molar-refractivity contribution in [3.63, 3.8) is 0 Å². The van der Waals surface area contributed by atoms with Crippen molar-refractivity contribution in [2.45, 2.75) is 45.1 Å². The lowest BCUT2D eigenvalue weighted by Crippen LogP contribution is -2.29. The molecular formula is C22H20F6N6O2S. The standard InChI is InChI=1S/C22H20F6N6O2S/c1-11(30-18(35)13-7-14(21(23,24)25)9-15(8-13)22(26,27)28)17-31-12(2)32-34(17)20-29-10-16(37-20)19(36)33-5-3-4-6-33/h7-11H,3-6H2,1-2H3,(H,30,35)/t11-/m0/s1. The average molecular weight is 546 g/mol. The van der Waals surface area contributed by atoms with Crippen molar-refractivity contribution in [2.24, 2.45) is 0 Å². The molecule has 0 aliphatic carbocycles. The zero-order valence-electron chi connectivity index (χ0n) is 19.4. The molecule has 1 aromatic carbocycles. The predicted octanol–water partition coefficient (Wildman–Crippen LogP) is 4.80. The third kappa shape index (κ3) is 5.76. The highest BCUT2D eigenvalue weighted by atomic mass is 32.1. The van der Waals surface area contributed by atoms with Crippen LogP contribution in [0.2, 0.25) is 0 Å². The van der Waals surface area contributed by atoms with Crippen molar-refractivity contribution in [3.05, 3.63) is 57.6 Å². The summed E-state index contributed by atoms with van der Waals surface area (Å²) in [4.78, 5) is 35.9. The first-order valence-corrected chi connectivity index (χ1v) is 11.8. The molecule has 3 aromatic rings. The summed E-state index contributed by atoms with van der Waals surface area (Å²) in [6.07, 6.45) is -6.96. The third-order valence-electron chi connectivity index (χ3n) is 5.60. The second-order valence-corrected chi connectivity index (χ2v) is 9.43. The van der Waals surface area contributed by atoms with Gasteiger partial charge in [0, 0.05) is 18.7 Å². The largest absolute Gasteiger partial charge is 0.416 e. The van der Waals surface area contributed by atoms with Gasteiger partial charge in [-0.1, -0.05) is 11.3 Å². The fourth-order valence-corrected chi connectivity index (χ4v) is 4.67. The van der Waals surface area contributed by atoms with E-state index in [1.165, 1.54) is 17.8 Å². The molecule has 37 heavy (non-hydrogen) atoms. The van der Waals surface area contributed by atoms with E-state index >= 15 is 0 Å². The Morgan fingerprint density at radius 1 is 1.03 bits per heavy atom. The van der Waals surface area contributed by atoms with Crippen LogP contribution in [0.15, 0.2) is 24.4 Å². The van der Waals surface area contributed by atoms with Gasteiger partial charge >= 0.3 is 12.4 Å². The molecule has 4 rings (SSSR count). The summed E-state index contributed by atoms with van der Waals surface area (Å²) in [6, 6.07) is -0.336. The maximum Gasteiger partial charge on any atom is 0.416 e. The Balaban J connectivity index is 1.59. The Hall–Kier alpha value is -3.49. The van der Waals surface area contributed by atoms with Crippen LogP contribution in [-0.4, -0.2) is 49.6 Å². The lowest BCUT2D eigenvalue weighted by atomic mass is 10.0. The van der Waals surface area contributed by atoms with E-state index in [2.05, 4.69) is 20.4 Å². The summed E-state index contributed by atoms with van der Waals surface area (Å²) >= 11 is 1.05. The van der Waals surface area contributed by atoms with Gasteiger partial charge in [-0.2, -0.15) is 31.0 Å². The Labute approximate surface area is 210 Å². The van der Waals surface area contributed by atoms with Gasteiger partial charge in [-0.05, 0) is 44.9 Å². The molecule has 0 spiro atoms. The molecule has 0 radical (unpaired) electrons. The third-order valence-corrected chi connectivity index (χ3v) is 6.56. The van der Waals surface area contributed by atoms with Gasteiger partial charge in [0.2, 0.25) is 5.13 Å². The molecule has 198 valence electrons. The van der Waals surface area contributed by atoms with Crippen molar-refractivity contribution in [1.29, 1.82) is 0 Å². The molecule has 2 aromatic heterocycles. The number of amides is 2. The molecule has 1 atom stereocenters. The molecular weight excluding hydrogens is 526 g/mol. The Bertz CT molecular complexity index is 1290. The number of benzene rings is 1. The monoisotopic (exact) mass is 546 g/mol. The average Bonchev–Trinajstić information content (AvgIpc) is 3.57. The highest BCUT2D eigenvalue weighted by Crippen LogP contribution is 2.36. The second kappa shape index (κ2) is 9.76. The van der Waals surface area contributed by atoms with E-state index in [4.69, 9.17) is 0 Å². The van der Waals surface area contributed by atoms with Crippen molar-refractivity contribution in [1.82, 2.24) is 30.0 Å².